The lowest BCUT2D eigenvalue weighted by Gasteiger charge is -2.18. The van der Waals surface area contributed by atoms with Gasteiger partial charge in [0.05, 0.1) is 5.75 Å². The molecule has 108 valence electrons. The van der Waals surface area contributed by atoms with Crippen LogP contribution in [-0.2, 0) is 9.59 Å². The molecule has 2 rings (SSSR count). The van der Waals surface area contributed by atoms with Crippen molar-refractivity contribution in [3.8, 4) is 0 Å². The Kier molecular flexibility index (Phi) is 4.43. The van der Waals surface area contributed by atoms with Gasteiger partial charge in [0.2, 0.25) is 5.91 Å². The number of thioether (sulfide) groups is 1. The maximum absolute atomic E-state index is 12.0. The van der Waals surface area contributed by atoms with Crippen LogP contribution >= 0.6 is 11.8 Å². The SMILES string of the molecule is CC(C(=O)NC1CC1)n1ccc(=O)nc1SCC(=O)O. The van der Waals surface area contributed by atoms with Gasteiger partial charge >= 0.3 is 5.97 Å². The first-order valence-electron chi connectivity index (χ1n) is 6.21. The molecule has 1 aromatic rings. The van der Waals surface area contributed by atoms with Crippen molar-refractivity contribution in [1.29, 1.82) is 0 Å². The summed E-state index contributed by atoms with van der Waals surface area (Å²) in [6.07, 6.45) is 3.44. The molecule has 0 spiro atoms. The Morgan fingerprint density at radius 1 is 1.60 bits per heavy atom. The highest BCUT2D eigenvalue weighted by atomic mass is 32.2. The van der Waals surface area contributed by atoms with Gasteiger partial charge in [0.25, 0.3) is 5.56 Å². The van der Waals surface area contributed by atoms with Gasteiger partial charge in [-0.15, -0.1) is 0 Å². The molecule has 1 saturated carbocycles. The van der Waals surface area contributed by atoms with Gasteiger partial charge in [-0.1, -0.05) is 11.8 Å². The van der Waals surface area contributed by atoms with Gasteiger partial charge in [0.1, 0.15) is 6.04 Å². The highest BCUT2D eigenvalue weighted by molar-refractivity contribution is 7.99. The summed E-state index contributed by atoms with van der Waals surface area (Å²) in [7, 11) is 0. The number of amides is 1. The van der Waals surface area contributed by atoms with Crippen molar-refractivity contribution in [2.24, 2.45) is 0 Å². The van der Waals surface area contributed by atoms with Crippen LogP contribution < -0.4 is 10.9 Å². The zero-order valence-electron chi connectivity index (χ0n) is 10.9. The van der Waals surface area contributed by atoms with Crippen molar-refractivity contribution in [1.82, 2.24) is 14.9 Å². The molecule has 0 aromatic carbocycles. The number of rotatable bonds is 6. The predicted molar refractivity (Wildman–Crippen MR) is 72.7 cm³/mol. The van der Waals surface area contributed by atoms with Gasteiger partial charge in [-0.3, -0.25) is 14.4 Å². The molecule has 1 aliphatic carbocycles. The molecule has 1 atom stereocenters. The van der Waals surface area contributed by atoms with Crippen molar-refractivity contribution >= 4 is 23.6 Å². The molecule has 1 aliphatic rings. The van der Waals surface area contributed by atoms with Crippen LogP contribution in [0.15, 0.2) is 22.2 Å². The van der Waals surface area contributed by atoms with E-state index in [9.17, 15) is 14.4 Å². The van der Waals surface area contributed by atoms with E-state index < -0.39 is 17.6 Å². The van der Waals surface area contributed by atoms with E-state index >= 15 is 0 Å². The van der Waals surface area contributed by atoms with E-state index in [0.717, 1.165) is 24.6 Å². The predicted octanol–water partition coefficient (Wildman–Crippen LogP) is 0.260. The van der Waals surface area contributed by atoms with Gasteiger partial charge in [0.15, 0.2) is 5.16 Å². The fraction of sp³-hybridized carbons (Fsp3) is 0.500. The van der Waals surface area contributed by atoms with E-state index in [1.54, 1.807) is 6.92 Å². The highest BCUT2D eigenvalue weighted by Gasteiger charge is 2.27. The third-order valence-corrected chi connectivity index (χ3v) is 3.80. The summed E-state index contributed by atoms with van der Waals surface area (Å²) in [5, 5.41) is 11.8. The number of carboxylic acid groups (broad SMARTS) is 1. The summed E-state index contributed by atoms with van der Waals surface area (Å²) in [5.74, 6) is -1.38. The lowest BCUT2D eigenvalue weighted by Crippen LogP contribution is -2.33. The normalized spacial score (nSPS) is 15.7. The van der Waals surface area contributed by atoms with Gasteiger partial charge in [-0.25, -0.2) is 0 Å². The van der Waals surface area contributed by atoms with Crippen LogP contribution in [0.25, 0.3) is 0 Å². The number of carboxylic acids is 1. The van der Waals surface area contributed by atoms with Crippen LogP contribution in [0.3, 0.4) is 0 Å². The molecule has 0 aliphatic heterocycles. The zero-order valence-corrected chi connectivity index (χ0v) is 11.7. The number of hydrogen-bond acceptors (Lipinski definition) is 5. The molecule has 8 heteroatoms. The Morgan fingerprint density at radius 2 is 2.30 bits per heavy atom. The molecule has 0 saturated heterocycles. The molecular formula is C12H15N3O4S. The van der Waals surface area contributed by atoms with Gasteiger partial charge < -0.3 is 15.0 Å². The number of aromatic nitrogens is 2. The fourth-order valence-electron chi connectivity index (χ4n) is 1.60. The smallest absolute Gasteiger partial charge is 0.313 e. The third kappa shape index (κ3) is 3.83. The van der Waals surface area contributed by atoms with Crippen LogP contribution in [0.4, 0.5) is 0 Å². The molecule has 1 amide bonds. The Hall–Kier alpha value is -1.83. The Balaban J connectivity index is 2.17. The summed E-state index contributed by atoms with van der Waals surface area (Å²) < 4.78 is 1.52. The minimum Gasteiger partial charge on any atom is -0.481 e. The second-order valence-corrected chi connectivity index (χ2v) is 5.54. The molecule has 1 fully saturated rings. The Labute approximate surface area is 119 Å². The van der Waals surface area contributed by atoms with Gasteiger partial charge in [-0.05, 0) is 19.8 Å². The first-order valence-corrected chi connectivity index (χ1v) is 7.20. The molecule has 0 radical (unpaired) electrons. The van der Waals surface area contributed by atoms with E-state index in [0.29, 0.717) is 0 Å². The first kappa shape index (κ1) is 14.6. The molecule has 1 aromatic heterocycles. The second-order valence-electron chi connectivity index (χ2n) is 4.60. The Bertz CT molecular complexity index is 582. The van der Waals surface area contributed by atoms with Gasteiger partial charge in [0, 0.05) is 18.3 Å². The average Bonchev–Trinajstić information content (AvgIpc) is 3.19. The summed E-state index contributed by atoms with van der Waals surface area (Å²) >= 11 is 0.922. The third-order valence-electron chi connectivity index (χ3n) is 2.85. The Morgan fingerprint density at radius 3 is 2.90 bits per heavy atom. The fourth-order valence-corrected chi connectivity index (χ4v) is 2.38. The van der Waals surface area contributed by atoms with Crippen molar-refractivity contribution < 1.29 is 14.7 Å². The zero-order chi connectivity index (χ0) is 14.7. The van der Waals surface area contributed by atoms with Crippen molar-refractivity contribution in [2.45, 2.75) is 37.0 Å². The summed E-state index contributed by atoms with van der Waals surface area (Å²) in [4.78, 5) is 37.7. The molecular weight excluding hydrogens is 282 g/mol. The minimum absolute atomic E-state index is 0.157. The van der Waals surface area contributed by atoms with Crippen molar-refractivity contribution in [3.63, 3.8) is 0 Å². The quantitative estimate of drug-likeness (QED) is 0.577. The van der Waals surface area contributed by atoms with E-state index in [4.69, 9.17) is 5.11 Å². The van der Waals surface area contributed by atoms with Crippen LogP contribution in [0.5, 0.6) is 0 Å². The maximum atomic E-state index is 12.0. The second kappa shape index (κ2) is 6.08. The number of hydrogen-bond donors (Lipinski definition) is 2. The van der Waals surface area contributed by atoms with Gasteiger partial charge in [-0.2, -0.15) is 4.98 Å². The highest BCUT2D eigenvalue weighted by Crippen LogP contribution is 2.22. The molecule has 2 N–H and O–H groups in total. The number of nitrogens with one attached hydrogen (secondary N) is 1. The largest absolute Gasteiger partial charge is 0.481 e. The first-order chi connectivity index (χ1) is 9.47. The monoisotopic (exact) mass is 297 g/mol. The van der Waals surface area contributed by atoms with E-state index in [1.807, 2.05) is 0 Å². The van der Waals surface area contributed by atoms with E-state index in [2.05, 4.69) is 10.3 Å². The van der Waals surface area contributed by atoms with Crippen molar-refractivity contribution in [2.75, 3.05) is 5.75 Å². The number of carbonyl (C=O) groups is 2. The maximum Gasteiger partial charge on any atom is 0.313 e. The summed E-state index contributed by atoms with van der Waals surface area (Å²) in [5.41, 5.74) is -0.455. The number of aliphatic carboxylic acids is 1. The molecule has 0 bridgehead atoms. The molecule has 7 nitrogen and oxygen atoms in total. The van der Waals surface area contributed by atoms with E-state index in [-0.39, 0.29) is 22.9 Å². The average molecular weight is 297 g/mol. The summed E-state index contributed by atoms with van der Waals surface area (Å²) in [6.45, 7) is 1.69. The standard InChI is InChI=1S/C12H15N3O4S/c1-7(11(19)13-8-2-3-8)15-5-4-9(16)14-12(15)20-6-10(17)18/h4-5,7-8H,2-3,6H2,1H3,(H,13,19)(H,17,18). The molecule has 20 heavy (non-hydrogen) atoms. The van der Waals surface area contributed by atoms with Crippen LogP contribution in [0.1, 0.15) is 25.8 Å². The topological polar surface area (TPSA) is 101 Å². The lowest BCUT2D eigenvalue weighted by atomic mass is 10.3. The van der Waals surface area contributed by atoms with Crippen molar-refractivity contribution in [3.05, 3.63) is 22.6 Å². The molecule has 1 unspecified atom stereocenters. The molecule has 1 heterocycles. The van der Waals surface area contributed by atoms with E-state index in [1.165, 1.54) is 16.8 Å². The summed E-state index contributed by atoms with van der Waals surface area (Å²) in [6, 6.07) is 0.957. The minimum atomic E-state index is -1.00. The van der Waals surface area contributed by atoms with Crippen LogP contribution in [-0.4, -0.2) is 38.3 Å². The van der Waals surface area contributed by atoms with Crippen LogP contribution in [0, 0.1) is 0 Å². The number of carbonyl (C=O) groups excluding carboxylic acids is 1. The van der Waals surface area contributed by atoms with Crippen LogP contribution in [0.2, 0.25) is 0 Å². The lowest BCUT2D eigenvalue weighted by molar-refractivity contribution is -0.134. The number of nitrogens with zero attached hydrogens (tertiary/aromatic N) is 2.